The van der Waals surface area contributed by atoms with Crippen LogP contribution in [0.1, 0.15) is 46.5 Å². The highest BCUT2D eigenvalue weighted by molar-refractivity contribution is 4.78. The van der Waals surface area contributed by atoms with E-state index in [0.717, 1.165) is 12.5 Å². The van der Waals surface area contributed by atoms with Crippen molar-refractivity contribution in [3.63, 3.8) is 0 Å². The average molecular weight is 229 g/mol. The molecule has 1 aliphatic rings. The van der Waals surface area contributed by atoms with Crippen molar-refractivity contribution in [2.24, 2.45) is 5.92 Å². The van der Waals surface area contributed by atoms with Gasteiger partial charge in [0.15, 0.2) is 6.29 Å². The molecule has 1 fully saturated rings. The van der Waals surface area contributed by atoms with E-state index in [1.165, 1.54) is 25.7 Å². The standard InChI is InChI=1S/C13H27NO2/c1-4-15-13(16-5-2)10-14-12-9-7-6-8-11(12)3/h11-14H,4-10H2,1-3H3. The van der Waals surface area contributed by atoms with Crippen molar-refractivity contribution >= 4 is 0 Å². The molecule has 0 radical (unpaired) electrons. The molecule has 0 bridgehead atoms. The third-order valence-corrected chi connectivity index (χ3v) is 3.36. The Kier molecular flexibility index (Phi) is 7.01. The first-order valence-corrected chi connectivity index (χ1v) is 6.74. The molecule has 0 aromatic carbocycles. The van der Waals surface area contributed by atoms with Crippen LogP contribution in [0.15, 0.2) is 0 Å². The molecule has 0 heterocycles. The van der Waals surface area contributed by atoms with Crippen molar-refractivity contribution in [2.75, 3.05) is 19.8 Å². The average Bonchev–Trinajstić information content (AvgIpc) is 2.28. The lowest BCUT2D eigenvalue weighted by molar-refractivity contribution is -0.134. The highest BCUT2D eigenvalue weighted by Crippen LogP contribution is 2.23. The minimum Gasteiger partial charge on any atom is -0.352 e. The van der Waals surface area contributed by atoms with E-state index >= 15 is 0 Å². The fraction of sp³-hybridized carbons (Fsp3) is 1.00. The van der Waals surface area contributed by atoms with Gasteiger partial charge in [0.05, 0.1) is 0 Å². The maximum Gasteiger partial charge on any atom is 0.169 e. The molecule has 0 aromatic rings. The Morgan fingerprint density at radius 2 is 1.75 bits per heavy atom. The van der Waals surface area contributed by atoms with Crippen LogP contribution >= 0.6 is 0 Å². The van der Waals surface area contributed by atoms with Crippen LogP contribution in [-0.4, -0.2) is 32.1 Å². The summed E-state index contributed by atoms with van der Waals surface area (Å²) < 4.78 is 11.0. The lowest BCUT2D eigenvalue weighted by Crippen LogP contribution is -2.42. The molecule has 3 heteroatoms. The minimum atomic E-state index is -0.0795. The second-order valence-corrected chi connectivity index (χ2v) is 4.62. The molecule has 2 unspecified atom stereocenters. The van der Waals surface area contributed by atoms with E-state index in [0.29, 0.717) is 19.3 Å². The smallest absolute Gasteiger partial charge is 0.169 e. The van der Waals surface area contributed by atoms with Gasteiger partial charge in [-0.2, -0.15) is 0 Å². The van der Waals surface area contributed by atoms with Gasteiger partial charge in [0.1, 0.15) is 0 Å². The van der Waals surface area contributed by atoms with Gasteiger partial charge in [-0.05, 0) is 32.6 Å². The van der Waals surface area contributed by atoms with Gasteiger partial charge in [0.25, 0.3) is 0 Å². The van der Waals surface area contributed by atoms with E-state index in [1.807, 2.05) is 13.8 Å². The van der Waals surface area contributed by atoms with E-state index in [9.17, 15) is 0 Å². The zero-order valence-electron chi connectivity index (χ0n) is 11.0. The Balaban J connectivity index is 2.23. The first-order valence-electron chi connectivity index (χ1n) is 6.74. The molecule has 16 heavy (non-hydrogen) atoms. The van der Waals surface area contributed by atoms with Crippen molar-refractivity contribution in [3.8, 4) is 0 Å². The third kappa shape index (κ3) is 4.81. The Bertz CT molecular complexity index is 169. The quantitative estimate of drug-likeness (QED) is 0.681. The lowest BCUT2D eigenvalue weighted by atomic mass is 9.86. The molecule has 0 amide bonds. The Labute approximate surface area is 99.9 Å². The summed E-state index contributed by atoms with van der Waals surface area (Å²) in [6.07, 6.45) is 5.32. The molecule has 0 aromatic heterocycles. The van der Waals surface area contributed by atoms with Gasteiger partial charge in [0, 0.05) is 25.8 Å². The highest BCUT2D eigenvalue weighted by atomic mass is 16.7. The van der Waals surface area contributed by atoms with E-state index in [1.54, 1.807) is 0 Å². The molecule has 3 nitrogen and oxygen atoms in total. The molecule has 2 atom stereocenters. The molecule has 0 spiro atoms. The number of hydrogen-bond donors (Lipinski definition) is 1. The van der Waals surface area contributed by atoms with Crippen molar-refractivity contribution in [1.29, 1.82) is 0 Å². The maximum atomic E-state index is 5.52. The van der Waals surface area contributed by atoms with Gasteiger partial charge >= 0.3 is 0 Å². The van der Waals surface area contributed by atoms with Gasteiger partial charge in [-0.15, -0.1) is 0 Å². The van der Waals surface area contributed by atoms with Gasteiger partial charge in [-0.1, -0.05) is 19.8 Å². The number of ether oxygens (including phenoxy) is 2. The maximum absolute atomic E-state index is 5.52. The molecule has 1 rings (SSSR count). The summed E-state index contributed by atoms with van der Waals surface area (Å²) in [5, 5.41) is 3.59. The van der Waals surface area contributed by atoms with Crippen LogP contribution < -0.4 is 5.32 Å². The van der Waals surface area contributed by atoms with E-state index in [4.69, 9.17) is 9.47 Å². The zero-order valence-corrected chi connectivity index (χ0v) is 11.0. The zero-order chi connectivity index (χ0) is 11.8. The third-order valence-electron chi connectivity index (χ3n) is 3.36. The van der Waals surface area contributed by atoms with Crippen LogP contribution in [0.4, 0.5) is 0 Å². The molecule has 1 N–H and O–H groups in total. The highest BCUT2D eigenvalue weighted by Gasteiger charge is 2.21. The van der Waals surface area contributed by atoms with Crippen LogP contribution in [0.5, 0.6) is 0 Å². The number of rotatable bonds is 7. The minimum absolute atomic E-state index is 0.0795. The molecular formula is C13H27NO2. The van der Waals surface area contributed by atoms with Crippen LogP contribution in [0, 0.1) is 5.92 Å². The van der Waals surface area contributed by atoms with Gasteiger partial charge in [0.2, 0.25) is 0 Å². The predicted molar refractivity (Wildman–Crippen MR) is 66.5 cm³/mol. The summed E-state index contributed by atoms with van der Waals surface area (Å²) >= 11 is 0. The molecule has 0 aliphatic heterocycles. The topological polar surface area (TPSA) is 30.5 Å². The van der Waals surface area contributed by atoms with Crippen LogP contribution in [0.25, 0.3) is 0 Å². The summed E-state index contributed by atoms with van der Waals surface area (Å²) in [6, 6.07) is 0.650. The number of nitrogens with one attached hydrogen (secondary N) is 1. The summed E-state index contributed by atoms with van der Waals surface area (Å²) in [5.74, 6) is 0.789. The monoisotopic (exact) mass is 229 g/mol. The Morgan fingerprint density at radius 1 is 1.12 bits per heavy atom. The van der Waals surface area contributed by atoms with Crippen LogP contribution in [0.2, 0.25) is 0 Å². The molecule has 1 aliphatic carbocycles. The first kappa shape index (κ1) is 13.9. The Hall–Kier alpha value is -0.120. The van der Waals surface area contributed by atoms with Crippen molar-refractivity contribution in [3.05, 3.63) is 0 Å². The molecule has 0 saturated heterocycles. The lowest BCUT2D eigenvalue weighted by Gasteiger charge is -2.31. The van der Waals surface area contributed by atoms with E-state index in [-0.39, 0.29) is 6.29 Å². The predicted octanol–water partition coefficient (Wildman–Crippen LogP) is 2.55. The van der Waals surface area contributed by atoms with Crippen molar-refractivity contribution in [2.45, 2.75) is 58.8 Å². The van der Waals surface area contributed by atoms with Gasteiger partial charge in [-0.3, -0.25) is 0 Å². The fourth-order valence-corrected chi connectivity index (χ4v) is 2.40. The molecular weight excluding hydrogens is 202 g/mol. The second-order valence-electron chi connectivity index (χ2n) is 4.62. The van der Waals surface area contributed by atoms with Crippen LogP contribution in [0.3, 0.4) is 0 Å². The molecule has 96 valence electrons. The SMILES string of the molecule is CCOC(CNC1CCCCC1C)OCC. The Morgan fingerprint density at radius 3 is 2.31 bits per heavy atom. The summed E-state index contributed by atoms with van der Waals surface area (Å²) in [5.41, 5.74) is 0. The van der Waals surface area contributed by atoms with Crippen molar-refractivity contribution in [1.82, 2.24) is 5.32 Å². The fourth-order valence-electron chi connectivity index (χ4n) is 2.40. The van der Waals surface area contributed by atoms with E-state index in [2.05, 4.69) is 12.2 Å². The largest absolute Gasteiger partial charge is 0.352 e. The normalized spacial score (nSPS) is 26.2. The first-order chi connectivity index (χ1) is 7.77. The summed E-state index contributed by atoms with van der Waals surface area (Å²) in [4.78, 5) is 0. The van der Waals surface area contributed by atoms with Crippen LogP contribution in [-0.2, 0) is 9.47 Å². The second kappa shape index (κ2) is 8.04. The summed E-state index contributed by atoms with van der Waals surface area (Å²) in [6.45, 7) is 8.60. The van der Waals surface area contributed by atoms with Crippen molar-refractivity contribution < 1.29 is 9.47 Å². The summed E-state index contributed by atoms with van der Waals surface area (Å²) in [7, 11) is 0. The van der Waals surface area contributed by atoms with Gasteiger partial charge < -0.3 is 14.8 Å². The molecule has 1 saturated carbocycles. The number of hydrogen-bond acceptors (Lipinski definition) is 3. The van der Waals surface area contributed by atoms with E-state index < -0.39 is 0 Å². The van der Waals surface area contributed by atoms with Gasteiger partial charge in [-0.25, -0.2) is 0 Å².